The summed E-state index contributed by atoms with van der Waals surface area (Å²) in [4.78, 5) is 25.7. The smallest absolute Gasteiger partial charge is 0.243 e. The summed E-state index contributed by atoms with van der Waals surface area (Å²) in [7, 11) is 1.62. The van der Waals surface area contributed by atoms with E-state index in [2.05, 4.69) is 5.32 Å². The monoisotopic (exact) mass is 299 g/mol. The molecule has 21 heavy (non-hydrogen) atoms. The molecule has 0 bridgehead atoms. The Kier molecular flexibility index (Phi) is 5.75. The van der Waals surface area contributed by atoms with Gasteiger partial charge in [-0.15, -0.1) is 0 Å². The van der Waals surface area contributed by atoms with E-state index in [1.165, 1.54) is 4.90 Å². The quantitative estimate of drug-likeness (QED) is 0.717. The Bertz CT molecular complexity index is 398. The minimum Gasteiger partial charge on any atom is -0.378 e. The Morgan fingerprint density at radius 2 is 2.00 bits per heavy atom. The Balaban J connectivity index is 2.64. The SMILES string of the molecule is CCCNC(=O)CN(C)C(=O)C1(N)CC(OCC)C1(C)C. The molecule has 0 radical (unpaired) electrons. The third-order valence-corrected chi connectivity index (χ3v) is 4.51. The lowest BCUT2D eigenvalue weighted by Crippen LogP contribution is -2.76. The normalized spacial score (nSPS) is 26.9. The Hall–Kier alpha value is -1.14. The van der Waals surface area contributed by atoms with Crippen LogP contribution >= 0.6 is 0 Å². The second kappa shape index (κ2) is 6.75. The van der Waals surface area contributed by atoms with Gasteiger partial charge in [0.2, 0.25) is 11.8 Å². The van der Waals surface area contributed by atoms with Crippen molar-refractivity contribution in [2.45, 2.75) is 52.2 Å². The number of nitrogens with zero attached hydrogens (tertiary/aromatic N) is 1. The molecule has 1 aliphatic rings. The van der Waals surface area contributed by atoms with Crippen molar-refractivity contribution in [3.8, 4) is 0 Å². The van der Waals surface area contributed by atoms with Crippen LogP contribution in [0.4, 0.5) is 0 Å². The molecule has 2 atom stereocenters. The number of ether oxygens (including phenoxy) is 1. The van der Waals surface area contributed by atoms with Crippen LogP contribution < -0.4 is 11.1 Å². The molecule has 0 spiro atoms. The van der Waals surface area contributed by atoms with Crippen LogP contribution in [0.2, 0.25) is 0 Å². The van der Waals surface area contributed by atoms with Crippen LogP contribution in [0.5, 0.6) is 0 Å². The number of nitrogens with one attached hydrogen (secondary N) is 1. The zero-order valence-electron chi connectivity index (χ0n) is 13.9. The molecule has 6 heteroatoms. The third kappa shape index (κ3) is 3.37. The standard InChI is InChI=1S/C15H29N3O3/c1-6-8-17-12(19)10-18(5)13(20)15(16)9-11(21-7-2)14(15,3)4/h11H,6-10,16H2,1-5H3,(H,17,19). The van der Waals surface area contributed by atoms with Gasteiger partial charge in [-0.3, -0.25) is 9.59 Å². The van der Waals surface area contributed by atoms with Crippen LogP contribution in [0.25, 0.3) is 0 Å². The largest absolute Gasteiger partial charge is 0.378 e. The first-order valence-electron chi connectivity index (χ1n) is 7.63. The van der Waals surface area contributed by atoms with E-state index in [9.17, 15) is 9.59 Å². The molecule has 2 amide bonds. The van der Waals surface area contributed by atoms with E-state index in [1.807, 2.05) is 27.7 Å². The zero-order valence-corrected chi connectivity index (χ0v) is 13.9. The molecule has 1 fully saturated rings. The Morgan fingerprint density at radius 3 is 2.48 bits per heavy atom. The number of likely N-dealkylation sites (N-methyl/N-ethyl adjacent to an activating group) is 1. The maximum absolute atomic E-state index is 12.6. The highest BCUT2D eigenvalue weighted by Crippen LogP contribution is 2.50. The van der Waals surface area contributed by atoms with Crippen LogP contribution in [0.1, 0.15) is 40.5 Å². The number of amides is 2. The Morgan fingerprint density at radius 1 is 1.38 bits per heavy atom. The van der Waals surface area contributed by atoms with Crippen molar-refractivity contribution in [2.24, 2.45) is 11.1 Å². The van der Waals surface area contributed by atoms with Gasteiger partial charge in [-0.25, -0.2) is 0 Å². The molecule has 0 aromatic carbocycles. The molecular formula is C15H29N3O3. The summed E-state index contributed by atoms with van der Waals surface area (Å²) in [6.45, 7) is 9.06. The molecule has 122 valence electrons. The summed E-state index contributed by atoms with van der Waals surface area (Å²) in [5.74, 6) is -0.357. The van der Waals surface area contributed by atoms with E-state index in [1.54, 1.807) is 7.05 Å². The number of nitrogens with two attached hydrogens (primary N) is 1. The molecular weight excluding hydrogens is 270 g/mol. The summed E-state index contributed by atoms with van der Waals surface area (Å²) in [6.07, 6.45) is 1.35. The predicted octanol–water partition coefficient (Wildman–Crippen LogP) is 0.504. The molecule has 2 unspecified atom stereocenters. The molecule has 1 rings (SSSR count). The first-order valence-corrected chi connectivity index (χ1v) is 7.63. The fourth-order valence-corrected chi connectivity index (χ4v) is 2.75. The maximum Gasteiger partial charge on any atom is 0.243 e. The lowest BCUT2D eigenvalue weighted by molar-refractivity contribution is -0.178. The van der Waals surface area contributed by atoms with Gasteiger partial charge in [0, 0.05) is 32.0 Å². The molecule has 6 nitrogen and oxygen atoms in total. The number of hydrogen-bond acceptors (Lipinski definition) is 4. The molecule has 0 heterocycles. The van der Waals surface area contributed by atoms with Gasteiger partial charge >= 0.3 is 0 Å². The van der Waals surface area contributed by atoms with Gasteiger partial charge < -0.3 is 20.7 Å². The van der Waals surface area contributed by atoms with Crippen molar-refractivity contribution >= 4 is 11.8 Å². The lowest BCUT2D eigenvalue weighted by atomic mass is 9.54. The molecule has 3 N–H and O–H groups in total. The van der Waals surface area contributed by atoms with E-state index >= 15 is 0 Å². The summed E-state index contributed by atoms with van der Waals surface area (Å²) >= 11 is 0. The van der Waals surface area contributed by atoms with Gasteiger partial charge in [-0.05, 0) is 13.3 Å². The predicted molar refractivity (Wildman–Crippen MR) is 81.7 cm³/mol. The summed E-state index contributed by atoms with van der Waals surface area (Å²) in [5.41, 5.74) is 4.92. The number of carbonyl (C=O) groups excluding carboxylic acids is 2. The fraction of sp³-hybridized carbons (Fsp3) is 0.867. The Labute approximate surface area is 127 Å². The number of hydrogen-bond donors (Lipinski definition) is 2. The van der Waals surface area contributed by atoms with Gasteiger partial charge in [0.15, 0.2) is 0 Å². The molecule has 0 aromatic heterocycles. The number of rotatable bonds is 7. The highest BCUT2D eigenvalue weighted by Gasteiger charge is 2.63. The van der Waals surface area contributed by atoms with Gasteiger partial charge in [0.1, 0.15) is 5.54 Å². The van der Waals surface area contributed by atoms with Crippen molar-refractivity contribution in [1.29, 1.82) is 0 Å². The van der Waals surface area contributed by atoms with E-state index < -0.39 is 11.0 Å². The van der Waals surface area contributed by atoms with Crippen LogP contribution in [0.15, 0.2) is 0 Å². The van der Waals surface area contributed by atoms with Gasteiger partial charge in [0.05, 0.1) is 12.6 Å². The molecule has 1 aliphatic carbocycles. The van der Waals surface area contributed by atoms with Gasteiger partial charge in [-0.2, -0.15) is 0 Å². The second-order valence-electron chi connectivity index (χ2n) is 6.35. The zero-order chi connectivity index (χ0) is 16.3. The molecule has 0 aliphatic heterocycles. The van der Waals surface area contributed by atoms with Crippen LogP contribution in [0.3, 0.4) is 0 Å². The highest BCUT2D eigenvalue weighted by atomic mass is 16.5. The summed E-state index contributed by atoms with van der Waals surface area (Å²) < 4.78 is 5.62. The van der Waals surface area contributed by atoms with Crippen molar-refractivity contribution in [3.63, 3.8) is 0 Å². The highest BCUT2D eigenvalue weighted by molar-refractivity contribution is 5.92. The molecule has 0 aromatic rings. The lowest BCUT2D eigenvalue weighted by Gasteiger charge is -2.58. The third-order valence-electron chi connectivity index (χ3n) is 4.51. The van der Waals surface area contributed by atoms with Crippen molar-refractivity contribution < 1.29 is 14.3 Å². The van der Waals surface area contributed by atoms with E-state index in [0.29, 0.717) is 19.6 Å². The topological polar surface area (TPSA) is 84.7 Å². The maximum atomic E-state index is 12.6. The fourth-order valence-electron chi connectivity index (χ4n) is 2.75. The van der Waals surface area contributed by atoms with Crippen LogP contribution in [-0.4, -0.2) is 55.1 Å². The van der Waals surface area contributed by atoms with E-state index in [0.717, 1.165) is 6.42 Å². The van der Waals surface area contributed by atoms with Gasteiger partial charge in [-0.1, -0.05) is 20.8 Å². The second-order valence-corrected chi connectivity index (χ2v) is 6.35. The van der Waals surface area contributed by atoms with Crippen LogP contribution in [-0.2, 0) is 14.3 Å². The van der Waals surface area contributed by atoms with Crippen LogP contribution in [0, 0.1) is 5.41 Å². The molecule has 0 saturated heterocycles. The summed E-state index contributed by atoms with van der Waals surface area (Å²) in [6, 6.07) is 0. The van der Waals surface area contributed by atoms with E-state index in [4.69, 9.17) is 10.5 Å². The average Bonchev–Trinajstić information content (AvgIpc) is 2.43. The van der Waals surface area contributed by atoms with Crippen molar-refractivity contribution in [1.82, 2.24) is 10.2 Å². The first-order chi connectivity index (χ1) is 9.70. The van der Waals surface area contributed by atoms with E-state index in [-0.39, 0.29) is 24.5 Å². The summed E-state index contributed by atoms with van der Waals surface area (Å²) in [5, 5.41) is 2.76. The van der Waals surface area contributed by atoms with Crippen molar-refractivity contribution in [3.05, 3.63) is 0 Å². The number of carbonyl (C=O) groups is 2. The minimum atomic E-state index is -0.966. The van der Waals surface area contributed by atoms with Crippen molar-refractivity contribution in [2.75, 3.05) is 26.7 Å². The minimum absolute atomic E-state index is 0.0150. The first kappa shape index (κ1) is 17.9. The van der Waals surface area contributed by atoms with Gasteiger partial charge in [0.25, 0.3) is 0 Å². The average molecular weight is 299 g/mol. The molecule has 1 saturated carbocycles.